The van der Waals surface area contributed by atoms with Crippen molar-refractivity contribution in [1.82, 2.24) is 18.9 Å². The highest BCUT2D eigenvalue weighted by Gasteiger charge is 2.39. The quantitative estimate of drug-likeness (QED) is 0.718. The normalized spacial score (nSPS) is 19.1. The van der Waals surface area contributed by atoms with Gasteiger partial charge < -0.3 is 0 Å². The lowest BCUT2D eigenvalue weighted by Gasteiger charge is -2.23. The number of pyridine rings is 1. The number of hydrogen-bond acceptors (Lipinski definition) is 4. The molecular formula is C16H15ClN4O2S. The zero-order chi connectivity index (χ0) is 16.7. The number of benzene rings is 1. The third-order valence-corrected chi connectivity index (χ3v) is 6.67. The van der Waals surface area contributed by atoms with Crippen molar-refractivity contribution in [2.24, 2.45) is 0 Å². The Hall–Kier alpha value is -1.96. The second-order valence-electron chi connectivity index (χ2n) is 5.69. The molecule has 0 bridgehead atoms. The Morgan fingerprint density at radius 2 is 1.88 bits per heavy atom. The van der Waals surface area contributed by atoms with E-state index in [0.717, 1.165) is 6.42 Å². The van der Waals surface area contributed by atoms with Gasteiger partial charge in [-0.05, 0) is 37.1 Å². The van der Waals surface area contributed by atoms with Gasteiger partial charge in [0.05, 0.1) is 11.1 Å². The zero-order valence-electron chi connectivity index (χ0n) is 12.7. The number of halogens is 1. The first-order chi connectivity index (χ1) is 11.6. The summed E-state index contributed by atoms with van der Waals surface area (Å²) in [6, 6.07) is 11.8. The Morgan fingerprint density at radius 1 is 1.08 bits per heavy atom. The maximum atomic E-state index is 13.1. The molecule has 1 unspecified atom stereocenters. The lowest BCUT2D eigenvalue weighted by molar-refractivity contribution is 0.381. The van der Waals surface area contributed by atoms with Gasteiger partial charge in [-0.2, -0.15) is 4.31 Å². The maximum absolute atomic E-state index is 13.1. The molecule has 24 heavy (non-hydrogen) atoms. The van der Waals surface area contributed by atoms with Gasteiger partial charge in [0.15, 0.2) is 11.5 Å². The van der Waals surface area contributed by atoms with E-state index >= 15 is 0 Å². The maximum Gasteiger partial charge on any atom is 0.245 e. The molecule has 0 amide bonds. The summed E-state index contributed by atoms with van der Waals surface area (Å²) in [6.45, 7) is 0.444. The van der Waals surface area contributed by atoms with E-state index in [-0.39, 0.29) is 16.0 Å². The highest BCUT2D eigenvalue weighted by Crippen LogP contribution is 2.37. The summed E-state index contributed by atoms with van der Waals surface area (Å²) in [5, 5.41) is 8.60. The highest BCUT2D eigenvalue weighted by atomic mass is 35.5. The number of fused-ring (bicyclic) bond motifs is 1. The van der Waals surface area contributed by atoms with Crippen LogP contribution < -0.4 is 0 Å². The minimum atomic E-state index is -3.69. The Balaban J connectivity index is 1.80. The van der Waals surface area contributed by atoms with Crippen LogP contribution in [0.15, 0.2) is 53.6 Å². The number of sulfonamides is 1. The van der Waals surface area contributed by atoms with E-state index in [1.165, 1.54) is 10.4 Å². The second-order valence-corrected chi connectivity index (χ2v) is 7.96. The lowest BCUT2D eigenvalue weighted by atomic mass is 10.2. The van der Waals surface area contributed by atoms with Gasteiger partial charge in [0, 0.05) is 12.7 Å². The molecule has 1 aromatic carbocycles. The number of rotatable bonds is 3. The molecule has 1 saturated heterocycles. The first kappa shape index (κ1) is 15.6. The first-order valence-corrected chi connectivity index (χ1v) is 9.47. The van der Waals surface area contributed by atoms with Crippen molar-refractivity contribution >= 4 is 27.3 Å². The molecule has 124 valence electrons. The summed E-state index contributed by atoms with van der Waals surface area (Å²) >= 11 is 6.12. The second kappa shape index (κ2) is 5.84. The van der Waals surface area contributed by atoms with E-state index in [9.17, 15) is 8.42 Å². The summed E-state index contributed by atoms with van der Waals surface area (Å²) < 4.78 is 29.5. The molecule has 1 atom stereocenters. The molecule has 6 nitrogen and oxygen atoms in total. The van der Waals surface area contributed by atoms with E-state index in [0.29, 0.717) is 24.4 Å². The molecule has 3 aromatic rings. The van der Waals surface area contributed by atoms with Gasteiger partial charge in [0.25, 0.3) is 0 Å². The molecule has 0 spiro atoms. The van der Waals surface area contributed by atoms with Gasteiger partial charge in [-0.1, -0.05) is 29.8 Å². The van der Waals surface area contributed by atoms with Gasteiger partial charge in [-0.15, -0.1) is 10.2 Å². The van der Waals surface area contributed by atoms with Crippen LogP contribution in [0, 0.1) is 0 Å². The van der Waals surface area contributed by atoms with Crippen LogP contribution in [0.3, 0.4) is 0 Å². The van der Waals surface area contributed by atoms with E-state index in [2.05, 4.69) is 10.2 Å². The molecule has 2 aromatic heterocycles. The SMILES string of the molecule is O=S(=O)(c1ccccc1Cl)N1CCCC1c1nnc2ccccn12. The fourth-order valence-electron chi connectivity index (χ4n) is 3.15. The van der Waals surface area contributed by atoms with Crippen LogP contribution in [0.5, 0.6) is 0 Å². The van der Waals surface area contributed by atoms with Gasteiger partial charge in [0.2, 0.25) is 10.0 Å². The number of hydrogen-bond donors (Lipinski definition) is 0. The van der Waals surface area contributed by atoms with Crippen LogP contribution in [-0.4, -0.2) is 33.9 Å². The summed E-state index contributed by atoms with van der Waals surface area (Å²) in [5.74, 6) is 0.638. The number of aromatic nitrogens is 3. The van der Waals surface area contributed by atoms with Gasteiger partial charge in [-0.3, -0.25) is 4.40 Å². The Morgan fingerprint density at radius 3 is 2.71 bits per heavy atom. The van der Waals surface area contributed by atoms with Gasteiger partial charge >= 0.3 is 0 Å². The van der Waals surface area contributed by atoms with Crippen molar-refractivity contribution in [3.05, 3.63) is 59.5 Å². The molecule has 1 aliphatic rings. The van der Waals surface area contributed by atoms with Crippen molar-refractivity contribution in [1.29, 1.82) is 0 Å². The fraction of sp³-hybridized carbons (Fsp3) is 0.250. The highest BCUT2D eigenvalue weighted by molar-refractivity contribution is 7.89. The summed E-state index contributed by atoms with van der Waals surface area (Å²) in [4.78, 5) is 0.132. The summed E-state index contributed by atoms with van der Waals surface area (Å²) in [7, 11) is -3.69. The summed E-state index contributed by atoms with van der Waals surface area (Å²) in [6.07, 6.45) is 3.33. The molecule has 3 heterocycles. The minimum absolute atomic E-state index is 0.132. The molecular weight excluding hydrogens is 348 g/mol. The molecule has 1 fully saturated rings. The largest absolute Gasteiger partial charge is 0.285 e. The smallest absolute Gasteiger partial charge is 0.245 e. The lowest BCUT2D eigenvalue weighted by Crippen LogP contribution is -2.31. The average Bonchev–Trinajstić information content (AvgIpc) is 3.21. The van der Waals surface area contributed by atoms with E-state index in [1.54, 1.807) is 18.2 Å². The average molecular weight is 363 g/mol. The molecule has 1 aliphatic heterocycles. The molecule has 8 heteroatoms. The van der Waals surface area contributed by atoms with Crippen LogP contribution in [0.1, 0.15) is 24.7 Å². The molecule has 0 aliphatic carbocycles. The van der Waals surface area contributed by atoms with E-state index < -0.39 is 10.0 Å². The molecule has 4 rings (SSSR count). The third-order valence-electron chi connectivity index (χ3n) is 4.27. The van der Waals surface area contributed by atoms with Crippen molar-refractivity contribution in [2.75, 3.05) is 6.54 Å². The van der Waals surface area contributed by atoms with Gasteiger partial charge in [0.1, 0.15) is 4.90 Å². The van der Waals surface area contributed by atoms with Crippen LogP contribution >= 0.6 is 11.6 Å². The van der Waals surface area contributed by atoms with Crippen molar-refractivity contribution < 1.29 is 8.42 Å². The van der Waals surface area contributed by atoms with Crippen molar-refractivity contribution in [3.63, 3.8) is 0 Å². The first-order valence-electron chi connectivity index (χ1n) is 7.65. The monoisotopic (exact) mass is 362 g/mol. The Labute approximate surface area is 144 Å². The van der Waals surface area contributed by atoms with Crippen molar-refractivity contribution in [3.8, 4) is 0 Å². The minimum Gasteiger partial charge on any atom is -0.285 e. The Bertz CT molecular complexity index is 1000. The van der Waals surface area contributed by atoms with Crippen LogP contribution in [0.2, 0.25) is 5.02 Å². The molecule has 0 N–H and O–H groups in total. The molecule has 0 saturated carbocycles. The Kier molecular flexibility index (Phi) is 3.79. The van der Waals surface area contributed by atoms with Crippen LogP contribution in [-0.2, 0) is 10.0 Å². The van der Waals surface area contributed by atoms with E-state index in [4.69, 9.17) is 11.6 Å². The van der Waals surface area contributed by atoms with Crippen LogP contribution in [0.25, 0.3) is 5.65 Å². The van der Waals surface area contributed by atoms with Crippen molar-refractivity contribution in [2.45, 2.75) is 23.8 Å². The predicted molar refractivity (Wildman–Crippen MR) is 90.3 cm³/mol. The number of nitrogens with zero attached hydrogens (tertiary/aromatic N) is 4. The summed E-state index contributed by atoms with van der Waals surface area (Å²) in [5.41, 5.74) is 0.703. The zero-order valence-corrected chi connectivity index (χ0v) is 14.3. The molecule has 0 radical (unpaired) electrons. The predicted octanol–water partition coefficient (Wildman–Crippen LogP) is 2.91. The third kappa shape index (κ3) is 2.40. The fourth-order valence-corrected chi connectivity index (χ4v) is 5.30. The topological polar surface area (TPSA) is 67.6 Å². The standard InChI is InChI=1S/C16H15ClN4O2S/c17-12-6-1-2-8-14(12)24(22,23)21-11-5-7-13(21)16-19-18-15-9-3-4-10-20(15)16/h1-4,6,8-10,13H,5,7,11H2. The van der Waals surface area contributed by atoms with Gasteiger partial charge in [-0.25, -0.2) is 8.42 Å². The van der Waals surface area contributed by atoms with E-state index in [1.807, 2.05) is 28.8 Å². The van der Waals surface area contributed by atoms with Crippen LogP contribution in [0.4, 0.5) is 0 Å².